The van der Waals surface area contributed by atoms with Crippen molar-refractivity contribution in [3.05, 3.63) is 53.1 Å². The molecule has 8 nitrogen and oxygen atoms in total. The fraction of sp³-hybridized carbons (Fsp3) is 0.235. The number of nitrogens with zero attached hydrogens (tertiary/aromatic N) is 5. The zero-order valence-corrected chi connectivity index (χ0v) is 13.7. The predicted molar refractivity (Wildman–Crippen MR) is 88.8 cm³/mol. The van der Waals surface area contributed by atoms with E-state index in [1.54, 1.807) is 24.3 Å². The van der Waals surface area contributed by atoms with Crippen LogP contribution in [0.2, 0.25) is 0 Å². The van der Waals surface area contributed by atoms with Gasteiger partial charge >= 0.3 is 5.97 Å². The lowest BCUT2D eigenvalue weighted by Crippen LogP contribution is -2.32. The van der Waals surface area contributed by atoms with Crippen LogP contribution in [0.25, 0.3) is 5.78 Å². The van der Waals surface area contributed by atoms with E-state index in [0.29, 0.717) is 17.0 Å². The number of amides is 1. The molecule has 0 bridgehead atoms. The molecule has 1 aliphatic heterocycles. The molecule has 1 aliphatic rings. The molecule has 1 amide bonds. The Bertz CT molecular complexity index is 1030. The number of benzene rings is 1. The zero-order valence-electron chi connectivity index (χ0n) is 13.7. The van der Waals surface area contributed by atoms with Crippen molar-refractivity contribution in [2.75, 3.05) is 11.4 Å². The summed E-state index contributed by atoms with van der Waals surface area (Å²) >= 11 is 0. The Balaban J connectivity index is 1.77. The minimum atomic E-state index is -0.959. The minimum Gasteiger partial charge on any atom is -0.481 e. The number of aryl methyl sites for hydroxylation is 2. The Kier molecular flexibility index (Phi) is 3.28. The summed E-state index contributed by atoms with van der Waals surface area (Å²) in [7, 11) is 0. The van der Waals surface area contributed by atoms with Gasteiger partial charge in [0.15, 0.2) is 0 Å². The molecule has 3 heterocycles. The maximum atomic E-state index is 12.9. The van der Waals surface area contributed by atoms with Gasteiger partial charge in [0, 0.05) is 23.6 Å². The van der Waals surface area contributed by atoms with Crippen LogP contribution in [-0.2, 0) is 4.79 Å². The fourth-order valence-corrected chi connectivity index (χ4v) is 3.19. The van der Waals surface area contributed by atoms with Gasteiger partial charge in [0.05, 0.1) is 0 Å². The van der Waals surface area contributed by atoms with Crippen molar-refractivity contribution in [3.8, 4) is 0 Å². The Labute approximate surface area is 142 Å². The zero-order chi connectivity index (χ0) is 17.7. The molecule has 0 fully saturated rings. The Morgan fingerprint density at radius 1 is 1.20 bits per heavy atom. The largest absolute Gasteiger partial charge is 0.481 e. The molecular formula is C17H15N5O3. The average Bonchev–Trinajstić information content (AvgIpc) is 3.16. The highest BCUT2D eigenvalue weighted by Gasteiger charge is 2.37. The normalized spacial score (nSPS) is 16.2. The van der Waals surface area contributed by atoms with Crippen LogP contribution in [0.1, 0.15) is 33.5 Å². The van der Waals surface area contributed by atoms with E-state index < -0.39 is 17.8 Å². The maximum Gasteiger partial charge on any atom is 0.312 e. The summed E-state index contributed by atoms with van der Waals surface area (Å²) in [6.45, 7) is 3.77. The number of aliphatic carboxylic acids is 1. The van der Waals surface area contributed by atoms with Gasteiger partial charge in [-0.2, -0.15) is 4.98 Å². The number of fused-ring (bicyclic) bond motifs is 2. The van der Waals surface area contributed by atoms with Crippen LogP contribution < -0.4 is 4.90 Å². The van der Waals surface area contributed by atoms with E-state index in [0.717, 1.165) is 11.4 Å². The Morgan fingerprint density at radius 3 is 2.72 bits per heavy atom. The first-order valence-electron chi connectivity index (χ1n) is 7.80. The van der Waals surface area contributed by atoms with E-state index in [1.807, 2.05) is 19.9 Å². The maximum absolute atomic E-state index is 12.9. The van der Waals surface area contributed by atoms with Crippen molar-refractivity contribution >= 4 is 23.3 Å². The van der Waals surface area contributed by atoms with Crippen LogP contribution in [-0.4, -0.2) is 43.1 Å². The van der Waals surface area contributed by atoms with Crippen LogP contribution in [0.4, 0.5) is 5.69 Å². The monoisotopic (exact) mass is 337 g/mol. The van der Waals surface area contributed by atoms with Crippen molar-refractivity contribution in [1.82, 2.24) is 19.6 Å². The molecule has 1 N–H and O–H groups in total. The first kappa shape index (κ1) is 15.3. The van der Waals surface area contributed by atoms with Crippen molar-refractivity contribution < 1.29 is 14.7 Å². The number of carboxylic acid groups (broad SMARTS) is 1. The second-order valence-corrected chi connectivity index (χ2v) is 6.05. The first-order chi connectivity index (χ1) is 12.0. The number of carbonyl (C=O) groups is 2. The summed E-state index contributed by atoms with van der Waals surface area (Å²) in [6, 6.07) is 8.85. The highest BCUT2D eigenvalue weighted by atomic mass is 16.4. The van der Waals surface area contributed by atoms with E-state index in [1.165, 1.54) is 9.42 Å². The van der Waals surface area contributed by atoms with Crippen molar-refractivity contribution in [2.24, 2.45) is 0 Å². The summed E-state index contributed by atoms with van der Waals surface area (Å²) in [5.41, 5.74) is 2.81. The number of anilines is 1. The minimum absolute atomic E-state index is 0.00189. The van der Waals surface area contributed by atoms with Gasteiger partial charge in [-0.1, -0.05) is 18.2 Å². The standard InChI is InChI=1S/C17H15N5O3/c1-9-7-10(2)22-17(18-9)19-14(20-22)15(23)21-8-12(16(24)25)11-5-3-4-6-13(11)21/h3-7,12H,8H2,1-2H3,(H,24,25). The van der Waals surface area contributed by atoms with Gasteiger partial charge in [-0.15, -0.1) is 5.10 Å². The van der Waals surface area contributed by atoms with E-state index in [9.17, 15) is 14.7 Å². The molecule has 0 radical (unpaired) electrons. The van der Waals surface area contributed by atoms with Gasteiger partial charge in [0.2, 0.25) is 5.82 Å². The van der Waals surface area contributed by atoms with Crippen molar-refractivity contribution in [1.29, 1.82) is 0 Å². The van der Waals surface area contributed by atoms with E-state index in [4.69, 9.17) is 0 Å². The number of carboxylic acids is 1. The summed E-state index contributed by atoms with van der Waals surface area (Å²) < 4.78 is 1.51. The molecule has 126 valence electrons. The summed E-state index contributed by atoms with van der Waals surface area (Å²) in [6.07, 6.45) is 0. The number of carbonyl (C=O) groups excluding carboxylic acids is 1. The highest BCUT2D eigenvalue weighted by Crippen LogP contribution is 2.36. The van der Waals surface area contributed by atoms with Gasteiger partial charge in [-0.3, -0.25) is 9.59 Å². The Morgan fingerprint density at radius 2 is 1.96 bits per heavy atom. The highest BCUT2D eigenvalue weighted by molar-refractivity contribution is 6.06. The number of para-hydroxylation sites is 1. The molecule has 4 rings (SSSR count). The molecule has 1 unspecified atom stereocenters. The molecule has 1 atom stereocenters. The van der Waals surface area contributed by atoms with Crippen molar-refractivity contribution in [3.63, 3.8) is 0 Å². The van der Waals surface area contributed by atoms with Crippen LogP contribution in [0.15, 0.2) is 30.3 Å². The topological polar surface area (TPSA) is 101 Å². The predicted octanol–water partition coefficient (Wildman–Crippen LogP) is 1.57. The molecule has 0 aliphatic carbocycles. The molecule has 1 aromatic carbocycles. The van der Waals surface area contributed by atoms with E-state index >= 15 is 0 Å². The summed E-state index contributed by atoms with van der Waals surface area (Å²) in [5, 5.41) is 13.7. The quantitative estimate of drug-likeness (QED) is 0.762. The van der Waals surface area contributed by atoms with E-state index in [-0.39, 0.29) is 12.4 Å². The number of aromatic nitrogens is 4. The second-order valence-electron chi connectivity index (χ2n) is 6.05. The molecule has 3 aromatic rings. The van der Waals surface area contributed by atoms with Crippen LogP contribution >= 0.6 is 0 Å². The third kappa shape index (κ3) is 2.34. The molecular weight excluding hydrogens is 322 g/mol. The number of hydrogen-bond donors (Lipinski definition) is 1. The van der Waals surface area contributed by atoms with Crippen LogP contribution in [0.3, 0.4) is 0 Å². The summed E-state index contributed by atoms with van der Waals surface area (Å²) in [5.74, 6) is -1.79. The van der Waals surface area contributed by atoms with Gasteiger partial charge in [-0.25, -0.2) is 9.50 Å². The average molecular weight is 337 g/mol. The van der Waals surface area contributed by atoms with Crippen LogP contribution in [0.5, 0.6) is 0 Å². The third-order valence-corrected chi connectivity index (χ3v) is 4.32. The Hall–Kier alpha value is -3.29. The third-order valence-electron chi connectivity index (χ3n) is 4.32. The van der Waals surface area contributed by atoms with Gasteiger partial charge in [0.1, 0.15) is 5.92 Å². The van der Waals surface area contributed by atoms with Gasteiger partial charge in [0.25, 0.3) is 11.7 Å². The molecule has 8 heteroatoms. The fourth-order valence-electron chi connectivity index (χ4n) is 3.19. The first-order valence-corrected chi connectivity index (χ1v) is 7.80. The molecule has 0 saturated heterocycles. The lowest BCUT2D eigenvalue weighted by molar-refractivity contribution is -0.138. The second kappa shape index (κ2) is 5.37. The molecule has 0 saturated carbocycles. The van der Waals surface area contributed by atoms with E-state index in [2.05, 4.69) is 15.1 Å². The van der Waals surface area contributed by atoms with Crippen LogP contribution in [0, 0.1) is 13.8 Å². The molecule has 25 heavy (non-hydrogen) atoms. The smallest absolute Gasteiger partial charge is 0.312 e. The van der Waals surface area contributed by atoms with Gasteiger partial charge < -0.3 is 10.0 Å². The SMILES string of the molecule is Cc1cc(C)n2nc(C(=O)N3CC(C(=O)O)c4ccccc43)nc2n1. The lowest BCUT2D eigenvalue weighted by Gasteiger charge is -2.15. The van der Waals surface area contributed by atoms with Gasteiger partial charge in [-0.05, 0) is 31.5 Å². The molecule has 0 spiro atoms. The summed E-state index contributed by atoms with van der Waals surface area (Å²) in [4.78, 5) is 34.3. The lowest BCUT2D eigenvalue weighted by atomic mass is 10.0. The number of rotatable bonds is 2. The number of hydrogen-bond acceptors (Lipinski definition) is 5. The molecule has 2 aromatic heterocycles. The van der Waals surface area contributed by atoms with Crippen molar-refractivity contribution in [2.45, 2.75) is 19.8 Å².